The number of hydrogen-bond donors (Lipinski definition) is 3. The molecule has 0 aliphatic carbocycles. The highest BCUT2D eigenvalue weighted by Crippen LogP contribution is 2.00. The summed E-state index contributed by atoms with van der Waals surface area (Å²) in [7, 11) is 0. The van der Waals surface area contributed by atoms with Crippen LogP contribution < -0.4 is 16.0 Å². The van der Waals surface area contributed by atoms with Gasteiger partial charge in [-0.15, -0.1) is 0 Å². The minimum absolute atomic E-state index is 0.112. The van der Waals surface area contributed by atoms with Crippen molar-refractivity contribution < 1.29 is 9.59 Å². The number of ketones is 1. The van der Waals surface area contributed by atoms with Gasteiger partial charge in [-0.1, -0.05) is 27.2 Å². The Morgan fingerprint density at radius 3 is 1.96 bits per heavy atom. The zero-order valence-corrected chi connectivity index (χ0v) is 17.4. The largest absolute Gasteiger partial charge is 0.356 e. The van der Waals surface area contributed by atoms with Gasteiger partial charge in [0, 0.05) is 65.1 Å². The molecular weight excluding hydrogens is 328 g/mol. The highest BCUT2D eigenvalue weighted by molar-refractivity contribution is 5.78. The van der Waals surface area contributed by atoms with Gasteiger partial charge in [-0.3, -0.25) is 9.59 Å². The maximum Gasteiger partial charge on any atom is 0.221 e. The van der Waals surface area contributed by atoms with Crippen LogP contribution in [0.1, 0.15) is 65.7 Å². The van der Waals surface area contributed by atoms with E-state index in [4.69, 9.17) is 0 Å². The summed E-state index contributed by atoms with van der Waals surface area (Å²) in [6, 6.07) is 0. The molecule has 0 atom stereocenters. The van der Waals surface area contributed by atoms with Crippen LogP contribution in [-0.2, 0) is 9.59 Å². The van der Waals surface area contributed by atoms with Crippen molar-refractivity contribution in [3.05, 3.63) is 0 Å². The number of nitrogens with one attached hydrogen (secondary N) is 3. The molecular formula is C20H42N4O2. The van der Waals surface area contributed by atoms with Crippen LogP contribution in [0.3, 0.4) is 0 Å². The molecule has 0 aromatic rings. The van der Waals surface area contributed by atoms with Gasteiger partial charge in [-0.05, 0) is 25.8 Å². The molecule has 0 aromatic heterocycles. The first-order chi connectivity index (χ1) is 12.6. The summed E-state index contributed by atoms with van der Waals surface area (Å²) < 4.78 is 0. The zero-order valence-electron chi connectivity index (χ0n) is 17.4. The van der Waals surface area contributed by atoms with Crippen molar-refractivity contribution in [1.82, 2.24) is 20.9 Å². The number of rotatable bonds is 19. The second kappa shape index (κ2) is 18.8. The van der Waals surface area contributed by atoms with E-state index in [0.29, 0.717) is 31.6 Å². The molecule has 0 heterocycles. The van der Waals surface area contributed by atoms with E-state index >= 15 is 0 Å². The average molecular weight is 371 g/mol. The Hall–Kier alpha value is -0.980. The molecule has 1 amide bonds. The number of Topliss-reactive ketones (excluding diaryl/α,β-unsaturated/α-hetero) is 1. The van der Waals surface area contributed by atoms with Crippen molar-refractivity contribution in [3.63, 3.8) is 0 Å². The molecule has 3 N–H and O–H groups in total. The van der Waals surface area contributed by atoms with Crippen LogP contribution in [0, 0.1) is 0 Å². The molecule has 0 bridgehead atoms. The van der Waals surface area contributed by atoms with Gasteiger partial charge >= 0.3 is 0 Å². The summed E-state index contributed by atoms with van der Waals surface area (Å²) in [4.78, 5) is 25.8. The van der Waals surface area contributed by atoms with Gasteiger partial charge in [0.1, 0.15) is 5.78 Å². The van der Waals surface area contributed by atoms with E-state index < -0.39 is 0 Å². The zero-order chi connectivity index (χ0) is 19.5. The van der Waals surface area contributed by atoms with Crippen LogP contribution >= 0.6 is 0 Å². The minimum Gasteiger partial charge on any atom is -0.356 e. The normalized spacial score (nSPS) is 11.1. The van der Waals surface area contributed by atoms with Crippen LogP contribution in [0.5, 0.6) is 0 Å². The van der Waals surface area contributed by atoms with Crippen molar-refractivity contribution in [1.29, 1.82) is 0 Å². The summed E-state index contributed by atoms with van der Waals surface area (Å²) >= 11 is 0. The van der Waals surface area contributed by atoms with Crippen LogP contribution in [0.15, 0.2) is 0 Å². The number of carbonyl (C=O) groups excluding carboxylic acids is 2. The van der Waals surface area contributed by atoms with Gasteiger partial charge in [-0.25, -0.2) is 0 Å². The lowest BCUT2D eigenvalue weighted by atomic mass is 10.1. The van der Waals surface area contributed by atoms with E-state index in [-0.39, 0.29) is 5.91 Å². The van der Waals surface area contributed by atoms with E-state index in [0.717, 1.165) is 71.5 Å². The van der Waals surface area contributed by atoms with Gasteiger partial charge in [0.05, 0.1) is 0 Å². The molecule has 0 aromatic carbocycles. The second-order valence-electron chi connectivity index (χ2n) is 6.83. The molecule has 6 nitrogen and oxygen atoms in total. The van der Waals surface area contributed by atoms with Crippen molar-refractivity contribution in [2.24, 2.45) is 0 Å². The first-order valence-corrected chi connectivity index (χ1v) is 10.6. The van der Waals surface area contributed by atoms with Crippen molar-refractivity contribution in [3.8, 4) is 0 Å². The Morgan fingerprint density at radius 2 is 1.35 bits per heavy atom. The molecule has 0 unspecified atom stereocenters. The van der Waals surface area contributed by atoms with Gasteiger partial charge in [0.25, 0.3) is 0 Å². The standard InChI is InChI=1S/C20H42N4O2/c1-4-7-8-19(25)10-16-24(17-14-21-11-5-2)18-15-22-13-9-20(26)23-12-6-3/h21-22H,4-18H2,1-3H3,(H,23,26). The van der Waals surface area contributed by atoms with Gasteiger partial charge in [0.15, 0.2) is 0 Å². The Balaban J connectivity index is 3.98. The first-order valence-electron chi connectivity index (χ1n) is 10.6. The smallest absolute Gasteiger partial charge is 0.221 e. The van der Waals surface area contributed by atoms with Crippen LogP contribution in [0.2, 0.25) is 0 Å². The summed E-state index contributed by atoms with van der Waals surface area (Å²) in [6.07, 6.45) is 6.06. The van der Waals surface area contributed by atoms with Crippen molar-refractivity contribution >= 4 is 11.7 Å². The van der Waals surface area contributed by atoms with E-state index in [1.54, 1.807) is 0 Å². The van der Waals surface area contributed by atoms with E-state index in [9.17, 15) is 9.59 Å². The predicted molar refractivity (Wildman–Crippen MR) is 110 cm³/mol. The molecule has 0 spiro atoms. The summed E-state index contributed by atoms with van der Waals surface area (Å²) in [6.45, 7) is 13.3. The van der Waals surface area contributed by atoms with Crippen molar-refractivity contribution in [2.75, 3.05) is 52.4 Å². The molecule has 26 heavy (non-hydrogen) atoms. The molecule has 154 valence electrons. The van der Waals surface area contributed by atoms with Gasteiger partial charge < -0.3 is 20.9 Å². The lowest BCUT2D eigenvalue weighted by Gasteiger charge is -2.22. The maximum atomic E-state index is 11.9. The van der Waals surface area contributed by atoms with Gasteiger partial charge in [0.2, 0.25) is 5.91 Å². The van der Waals surface area contributed by atoms with Crippen molar-refractivity contribution in [2.45, 2.75) is 65.7 Å². The monoisotopic (exact) mass is 370 g/mol. The Labute approximate surface area is 160 Å². The van der Waals surface area contributed by atoms with Crippen LogP contribution in [-0.4, -0.2) is 68.9 Å². The number of hydrogen-bond acceptors (Lipinski definition) is 5. The summed E-state index contributed by atoms with van der Waals surface area (Å²) in [5.41, 5.74) is 0. The fourth-order valence-corrected chi connectivity index (χ4v) is 2.57. The maximum absolute atomic E-state index is 11.9. The number of nitrogens with zero attached hydrogens (tertiary/aromatic N) is 1. The lowest BCUT2D eigenvalue weighted by Crippen LogP contribution is -2.39. The number of unbranched alkanes of at least 4 members (excludes halogenated alkanes) is 1. The molecule has 0 fully saturated rings. The topological polar surface area (TPSA) is 73.5 Å². The summed E-state index contributed by atoms with van der Waals surface area (Å²) in [5, 5.41) is 9.65. The Morgan fingerprint density at radius 1 is 0.692 bits per heavy atom. The van der Waals surface area contributed by atoms with E-state index in [1.165, 1.54) is 0 Å². The van der Waals surface area contributed by atoms with Crippen LogP contribution in [0.25, 0.3) is 0 Å². The Bertz CT molecular complexity index is 351. The molecule has 0 saturated heterocycles. The predicted octanol–water partition coefficient (Wildman–Crippen LogP) is 1.94. The van der Waals surface area contributed by atoms with Gasteiger partial charge in [-0.2, -0.15) is 0 Å². The third kappa shape index (κ3) is 16.5. The SMILES string of the molecule is CCCCC(=O)CCN(CCNCCC)CCNCCC(=O)NCCC. The molecule has 0 aliphatic heterocycles. The fraction of sp³-hybridized carbons (Fsp3) is 0.900. The third-order valence-electron chi connectivity index (χ3n) is 4.25. The number of carbonyl (C=O) groups is 2. The molecule has 6 heteroatoms. The minimum atomic E-state index is 0.112. The highest BCUT2D eigenvalue weighted by Gasteiger charge is 2.08. The number of amides is 1. The Kier molecular flexibility index (Phi) is 18.1. The first kappa shape index (κ1) is 25.0. The van der Waals surface area contributed by atoms with E-state index in [2.05, 4.69) is 41.6 Å². The quantitative estimate of drug-likeness (QED) is 0.303. The molecule has 0 aliphatic rings. The molecule has 0 radical (unpaired) electrons. The molecule has 0 saturated carbocycles. The van der Waals surface area contributed by atoms with Crippen LogP contribution in [0.4, 0.5) is 0 Å². The second-order valence-corrected chi connectivity index (χ2v) is 6.83. The molecule has 0 rings (SSSR count). The third-order valence-corrected chi connectivity index (χ3v) is 4.25. The van der Waals surface area contributed by atoms with E-state index in [1.807, 2.05) is 0 Å². The summed E-state index contributed by atoms with van der Waals surface area (Å²) in [5.74, 6) is 0.486. The fourth-order valence-electron chi connectivity index (χ4n) is 2.57. The highest BCUT2D eigenvalue weighted by atomic mass is 16.1. The average Bonchev–Trinajstić information content (AvgIpc) is 2.64. The lowest BCUT2D eigenvalue weighted by molar-refractivity contribution is -0.121.